The zero-order valence-corrected chi connectivity index (χ0v) is 41.4. The Bertz CT molecular complexity index is 1870. The quantitative estimate of drug-likeness (QED) is 0.107. The maximum Gasteiger partial charge on any atom is 0.187 e. The van der Waals surface area contributed by atoms with Crippen molar-refractivity contribution in [3.63, 3.8) is 0 Å². The fourth-order valence-corrected chi connectivity index (χ4v) is 15.3. The lowest BCUT2D eigenvalue weighted by Gasteiger charge is -2.58. The van der Waals surface area contributed by atoms with Crippen LogP contribution in [0, 0.1) is 46.3 Å². The Kier molecular flexibility index (Phi) is 15.3. The summed E-state index contributed by atoms with van der Waals surface area (Å²) in [5.41, 5.74) is 1.41. The summed E-state index contributed by atoms with van der Waals surface area (Å²) in [6.45, 7) is 9.67. The minimum Gasteiger partial charge on any atom is -0.394 e. The number of rotatable bonds is 11. The maximum atomic E-state index is 12.1. The van der Waals surface area contributed by atoms with Gasteiger partial charge in [-0.3, -0.25) is 0 Å². The van der Waals surface area contributed by atoms with Crippen LogP contribution in [0.25, 0.3) is 0 Å². The number of fused-ring (bicyclic) bond motifs is 7. The predicted molar refractivity (Wildman–Crippen MR) is 241 cm³/mol. The van der Waals surface area contributed by atoms with E-state index in [0.717, 1.165) is 51.6 Å². The molecule has 3 saturated carbocycles. The molecule has 6 heterocycles. The van der Waals surface area contributed by atoms with Crippen LogP contribution in [0.1, 0.15) is 92.4 Å². The SMILES string of the molecule is C[C@@H]1CC[C@@]2(OC1)O[C@H]1C[C@H]3[C@@H]4CC=C5C[C@@H](O[C@H]6O[C@H](CO)[C@@H](O)[C@H](O)[C@H]6O[C@@H]6O[C@@H](C)[C@H](O[C@@H]7O[C@@H](CO)[C@H](O)[C@H]7O)[C@@H](O[C@@H]7O[C@H](CO)[C@@H](O)[C@H](O)[C@H]7O)[C@H]6O)CC[C@]5(C)[C@H]4CC[C@]3(C)[C@H]1[C@@H]2C. The van der Waals surface area contributed by atoms with E-state index < -0.39 is 148 Å². The molecule has 4 aliphatic carbocycles. The van der Waals surface area contributed by atoms with E-state index in [1.54, 1.807) is 0 Å². The molecule has 0 unspecified atom stereocenters. The molecule has 10 aliphatic rings. The van der Waals surface area contributed by atoms with Gasteiger partial charge in [-0.25, -0.2) is 0 Å². The van der Waals surface area contributed by atoms with Crippen molar-refractivity contribution >= 4 is 0 Å². The van der Waals surface area contributed by atoms with Gasteiger partial charge in [-0.1, -0.05) is 39.3 Å². The van der Waals surface area contributed by atoms with Crippen molar-refractivity contribution in [1.82, 2.24) is 0 Å². The third-order valence-electron chi connectivity index (χ3n) is 19.4. The largest absolute Gasteiger partial charge is 0.394 e. The molecule has 1 spiro atoms. The van der Waals surface area contributed by atoms with E-state index in [9.17, 15) is 56.2 Å². The van der Waals surface area contributed by atoms with Crippen molar-refractivity contribution < 1.29 is 104 Å². The zero-order chi connectivity index (χ0) is 50.6. The molecular formula is C50H80O21. The van der Waals surface area contributed by atoms with E-state index in [4.69, 9.17) is 47.4 Å². The topological polar surface area (TPSA) is 315 Å². The minimum atomic E-state index is -1.92. The predicted octanol–water partition coefficient (Wildman–Crippen LogP) is -1.32. The summed E-state index contributed by atoms with van der Waals surface area (Å²) < 4.78 is 62.1. The lowest BCUT2D eigenvalue weighted by molar-refractivity contribution is -0.394. The fraction of sp³-hybridized carbons (Fsp3) is 0.960. The van der Waals surface area contributed by atoms with Crippen LogP contribution >= 0.6 is 0 Å². The molecule has 406 valence electrons. The van der Waals surface area contributed by atoms with Gasteiger partial charge in [0.1, 0.15) is 85.5 Å². The Morgan fingerprint density at radius 3 is 1.83 bits per heavy atom. The van der Waals surface area contributed by atoms with E-state index in [1.807, 2.05) is 0 Å². The van der Waals surface area contributed by atoms with Crippen molar-refractivity contribution in [2.75, 3.05) is 26.4 Å². The first-order valence-corrected chi connectivity index (χ1v) is 26.3. The van der Waals surface area contributed by atoms with Gasteiger partial charge in [-0.05, 0) is 98.7 Å². The van der Waals surface area contributed by atoms with E-state index in [2.05, 4.69) is 33.8 Å². The molecule has 10 rings (SSSR count). The molecule has 0 radical (unpaired) electrons. The normalized spacial score (nSPS) is 57.2. The Hall–Kier alpha value is -1.10. The highest BCUT2D eigenvalue weighted by Crippen LogP contribution is 2.71. The summed E-state index contributed by atoms with van der Waals surface area (Å²) >= 11 is 0. The lowest BCUT2D eigenvalue weighted by atomic mass is 9.47. The van der Waals surface area contributed by atoms with Crippen molar-refractivity contribution in [3.05, 3.63) is 11.6 Å². The first-order valence-electron chi connectivity index (χ1n) is 26.3. The molecule has 71 heavy (non-hydrogen) atoms. The van der Waals surface area contributed by atoms with Gasteiger partial charge < -0.3 is 104 Å². The molecule has 21 nitrogen and oxygen atoms in total. The van der Waals surface area contributed by atoms with Gasteiger partial charge >= 0.3 is 0 Å². The molecule has 6 saturated heterocycles. The Balaban J connectivity index is 0.849. The van der Waals surface area contributed by atoms with Crippen molar-refractivity contribution in [1.29, 1.82) is 0 Å². The van der Waals surface area contributed by atoms with Crippen LogP contribution in [0.4, 0.5) is 0 Å². The number of hydrogen-bond acceptors (Lipinski definition) is 21. The molecule has 0 bridgehead atoms. The molecule has 6 aliphatic heterocycles. The first kappa shape index (κ1) is 53.3. The number of allylic oxidation sites excluding steroid dienone is 1. The molecule has 0 aromatic rings. The van der Waals surface area contributed by atoms with Gasteiger partial charge in [-0.2, -0.15) is 0 Å². The third-order valence-corrected chi connectivity index (χ3v) is 19.4. The highest BCUT2D eigenvalue weighted by Gasteiger charge is 2.69. The third kappa shape index (κ3) is 9.02. The fourth-order valence-electron chi connectivity index (χ4n) is 15.3. The second kappa shape index (κ2) is 20.4. The highest BCUT2D eigenvalue weighted by atomic mass is 16.8. The molecular weight excluding hydrogens is 937 g/mol. The molecule has 30 atom stereocenters. The average molecular weight is 1020 g/mol. The van der Waals surface area contributed by atoms with Crippen molar-refractivity contribution in [2.24, 2.45) is 46.3 Å². The van der Waals surface area contributed by atoms with E-state index in [1.165, 1.54) is 12.5 Å². The van der Waals surface area contributed by atoms with Crippen LogP contribution in [0.15, 0.2) is 11.6 Å². The highest BCUT2D eigenvalue weighted by molar-refractivity contribution is 5.26. The van der Waals surface area contributed by atoms with Crippen molar-refractivity contribution in [2.45, 2.75) is 227 Å². The maximum absolute atomic E-state index is 12.1. The van der Waals surface area contributed by atoms with E-state index in [0.29, 0.717) is 48.3 Å². The summed E-state index contributed by atoms with van der Waals surface area (Å²) in [7, 11) is 0. The van der Waals surface area contributed by atoms with Gasteiger partial charge in [0.2, 0.25) is 0 Å². The molecule has 0 aromatic carbocycles. The smallest absolute Gasteiger partial charge is 0.187 e. The van der Waals surface area contributed by atoms with Crippen LogP contribution in [0.2, 0.25) is 0 Å². The number of aliphatic hydroxyl groups excluding tert-OH is 11. The Morgan fingerprint density at radius 2 is 1.18 bits per heavy atom. The average Bonchev–Trinajstić information content (AvgIpc) is 3.92. The van der Waals surface area contributed by atoms with Gasteiger partial charge in [0, 0.05) is 12.3 Å². The number of hydrogen-bond donors (Lipinski definition) is 11. The summed E-state index contributed by atoms with van der Waals surface area (Å²) in [6, 6.07) is 0. The van der Waals surface area contributed by atoms with Gasteiger partial charge in [0.05, 0.1) is 44.7 Å². The van der Waals surface area contributed by atoms with Crippen LogP contribution in [0.5, 0.6) is 0 Å². The van der Waals surface area contributed by atoms with Crippen LogP contribution < -0.4 is 0 Å². The summed E-state index contributed by atoms with van der Waals surface area (Å²) in [4.78, 5) is 0. The Labute approximate surface area is 414 Å². The summed E-state index contributed by atoms with van der Waals surface area (Å²) in [5, 5.41) is 118. The second-order valence-corrected chi connectivity index (χ2v) is 23.4. The molecule has 9 fully saturated rings. The molecule has 0 amide bonds. The number of ether oxygens (including phenoxy) is 10. The minimum absolute atomic E-state index is 0.0633. The second-order valence-electron chi connectivity index (χ2n) is 23.4. The molecule has 11 N–H and O–H groups in total. The first-order chi connectivity index (χ1) is 33.8. The molecule has 21 heteroatoms. The standard InChI is InChI=1S/C50H80O21/c1-20-8-13-50(62-19-20)21(2)32-28(71-50)15-27-25-7-6-23-14-24(9-11-48(23,4)26(25)10-12-49(27,32)5)64-47-43(37(58)34(55)30(17-52)67-47)70-46-40(61)42(69-45-39(60)36(57)33(54)29(16-51)65-45)41(22(3)63-46)68-44-38(59)35(56)31(18-53)66-44/h6,20-22,24-47,51-61H,7-19H2,1-5H3/t20-,21+,22+,24+,25-,26+,27+,28+,29-,30-,31+,32+,33-,34-,35+,36+,37+,38-,39-,40-,41+,42+,43-,44+,45+,46+,47+,48+,49+,50-/m1/s1. The van der Waals surface area contributed by atoms with Gasteiger partial charge in [0.15, 0.2) is 30.9 Å². The van der Waals surface area contributed by atoms with Gasteiger partial charge in [-0.15, -0.1) is 0 Å². The van der Waals surface area contributed by atoms with Crippen LogP contribution in [0.3, 0.4) is 0 Å². The summed E-state index contributed by atoms with van der Waals surface area (Å²) in [6.07, 6.45) is -19.6. The van der Waals surface area contributed by atoms with Crippen LogP contribution in [-0.4, -0.2) is 217 Å². The van der Waals surface area contributed by atoms with Crippen LogP contribution in [-0.2, 0) is 47.4 Å². The summed E-state index contributed by atoms with van der Waals surface area (Å²) in [5.74, 6) is 2.43. The molecule has 0 aromatic heterocycles. The van der Waals surface area contributed by atoms with Gasteiger partial charge in [0.25, 0.3) is 0 Å². The number of aliphatic hydroxyl groups is 11. The van der Waals surface area contributed by atoms with E-state index in [-0.39, 0.29) is 16.9 Å². The Morgan fingerprint density at radius 1 is 0.592 bits per heavy atom. The van der Waals surface area contributed by atoms with Crippen molar-refractivity contribution in [3.8, 4) is 0 Å². The van der Waals surface area contributed by atoms with E-state index >= 15 is 0 Å². The monoisotopic (exact) mass is 1020 g/mol. The lowest BCUT2D eigenvalue weighted by Crippen LogP contribution is -2.67. The zero-order valence-electron chi connectivity index (χ0n) is 41.4.